The highest BCUT2D eigenvalue weighted by molar-refractivity contribution is 5.55. The average Bonchev–Trinajstić information content (AvgIpc) is 2.73. The summed E-state index contributed by atoms with van der Waals surface area (Å²) in [4.78, 5) is 2.63. The fraction of sp³-hybridized carbons (Fsp3) is 0.625. The quantitative estimate of drug-likeness (QED) is 0.852. The molecule has 1 aromatic carbocycles. The lowest BCUT2D eigenvalue weighted by atomic mass is 9.99. The molecule has 1 aromatic rings. The van der Waals surface area contributed by atoms with Crippen LogP contribution in [0.1, 0.15) is 32.1 Å². The predicted molar refractivity (Wildman–Crippen MR) is 78.3 cm³/mol. The molecule has 0 unspecified atom stereocenters. The minimum absolute atomic E-state index is 0.932. The second-order valence-electron chi connectivity index (χ2n) is 5.94. The standard InChI is InChI=1S/C16H24N2/c1-17-15-7-9-16(10-8-15)18-11-13-3-2-4-14(12-18)6-5-13/h7-10,13-14,17H,2-6,11-12H2,1H3/t13-,14+. The Morgan fingerprint density at radius 3 is 2.11 bits per heavy atom. The van der Waals surface area contributed by atoms with Gasteiger partial charge in [0, 0.05) is 31.5 Å². The lowest BCUT2D eigenvalue weighted by Gasteiger charge is -2.30. The summed E-state index contributed by atoms with van der Waals surface area (Å²) < 4.78 is 0. The molecule has 18 heavy (non-hydrogen) atoms. The third-order valence-corrected chi connectivity index (χ3v) is 4.69. The van der Waals surface area contributed by atoms with Crippen molar-refractivity contribution in [3.8, 4) is 0 Å². The summed E-state index contributed by atoms with van der Waals surface area (Å²) in [5.41, 5.74) is 2.61. The van der Waals surface area contributed by atoms with Crippen molar-refractivity contribution >= 4 is 11.4 Å². The highest BCUT2D eigenvalue weighted by atomic mass is 15.1. The van der Waals surface area contributed by atoms with Crippen LogP contribution in [-0.4, -0.2) is 20.1 Å². The second-order valence-corrected chi connectivity index (χ2v) is 5.94. The van der Waals surface area contributed by atoms with Crippen LogP contribution in [0.25, 0.3) is 0 Å². The summed E-state index contributed by atoms with van der Waals surface area (Å²) in [5.74, 6) is 1.86. The molecular weight excluding hydrogens is 220 g/mol. The van der Waals surface area contributed by atoms with E-state index in [4.69, 9.17) is 0 Å². The van der Waals surface area contributed by atoms with Gasteiger partial charge in [0.1, 0.15) is 0 Å². The number of rotatable bonds is 2. The van der Waals surface area contributed by atoms with Crippen LogP contribution in [0, 0.1) is 11.8 Å². The molecule has 1 N–H and O–H groups in total. The van der Waals surface area contributed by atoms with Gasteiger partial charge in [-0.15, -0.1) is 0 Å². The summed E-state index contributed by atoms with van der Waals surface area (Å²) in [6.45, 7) is 2.55. The van der Waals surface area contributed by atoms with Crippen LogP contribution in [-0.2, 0) is 0 Å². The lowest BCUT2D eigenvalue weighted by molar-refractivity contribution is 0.443. The van der Waals surface area contributed by atoms with Crippen LogP contribution in [0.3, 0.4) is 0 Å². The minimum Gasteiger partial charge on any atom is -0.388 e. The van der Waals surface area contributed by atoms with Gasteiger partial charge in [-0.2, -0.15) is 0 Å². The Morgan fingerprint density at radius 1 is 0.944 bits per heavy atom. The Morgan fingerprint density at radius 2 is 1.56 bits per heavy atom. The van der Waals surface area contributed by atoms with Crippen LogP contribution in [0.4, 0.5) is 11.4 Å². The molecule has 2 atom stereocenters. The van der Waals surface area contributed by atoms with Gasteiger partial charge in [-0.1, -0.05) is 6.42 Å². The first-order valence-electron chi connectivity index (χ1n) is 7.38. The van der Waals surface area contributed by atoms with Crippen molar-refractivity contribution in [2.75, 3.05) is 30.4 Å². The summed E-state index contributed by atoms with van der Waals surface area (Å²) in [6.07, 6.45) is 7.26. The first-order chi connectivity index (χ1) is 8.85. The van der Waals surface area contributed by atoms with Gasteiger partial charge in [-0.3, -0.25) is 0 Å². The van der Waals surface area contributed by atoms with E-state index < -0.39 is 0 Å². The van der Waals surface area contributed by atoms with Gasteiger partial charge in [0.05, 0.1) is 0 Å². The number of hydrogen-bond donors (Lipinski definition) is 1. The van der Waals surface area contributed by atoms with E-state index in [1.54, 1.807) is 0 Å². The molecule has 2 nitrogen and oxygen atoms in total. The zero-order chi connectivity index (χ0) is 12.4. The van der Waals surface area contributed by atoms with Crippen LogP contribution < -0.4 is 10.2 Å². The molecule has 0 spiro atoms. The molecular formula is C16H24N2. The molecule has 1 aliphatic carbocycles. The van der Waals surface area contributed by atoms with E-state index in [-0.39, 0.29) is 0 Å². The normalized spacial score (nSPS) is 27.7. The van der Waals surface area contributed by atoms with Crippen molar-refractivity contribution in [2.45, 2.75) is 32.1 Å². The summed E-state index contributed by atoms with van der Waals surface area (Å²) >= 11 is 0. The Hall–Kier alpha value is -1.18. The van der Waals surface area contributed by atoms with E-state index in [9.17, 15) is 0 Å². The maximum absolute atomic E-state index is 3.19. The zero-order valence-corrected chi connectivity index (χ0v) is 11.4. The summed E-state index contributed by atoms with van der Waals surface area (Å²) in [7, 11) is 1.98. The number of anilines is 2. The van der Waals surface area contributed by atoms with Crippen molar-refractivity contribution in [1.29, 1.82) is 0 Å². The van der Waals surface area contributed by atoms with Gasteiger partial charge in [-0.25, -0.2) is 0 Å². The van der Waals surface area contributed by atoms with E-state index in [0.29, 0.717) is 0 Å². The largest absolute Gasteiger partial charge is 0.388 e. The number of benzene rings is 1. The molecule has 2 aliphatic rings. The molecule has 1 heterocycles. The van der Waals surface area contributed by atoms with Crippen molar-refractivity contribution in [1.82, 2.24) is 0 Å². The SMILES string of the molecule is CNc1ccc(N2C[C@@H]3CCC[C@@H](CC3)C2)cc1. The Balaban J connectivity index is 1.78. The van der Waals surface area contributed by atoms with Crippen molar-refractivity contribution in [3.05, 3.63) is 24.3 Å². The third kappa shape index (κ3) is 2.47. The molecule has 2 heteroatoms. The molecule has 98 valence electrons. The highest BCUT2D eigenvalue weighted by Gasteiger charge is 2.27. The van der Waals surface area contributed by atoms with Crippen molar-refractivity contribution < 1.29 is 0 Å². The van der Waals surface area contributed by atoms with Crippen LogP contribution in [0.5, 0.6) is 0 Å². The molecule has 1 saturated carbocycles. The van der Waals surface area contributed by atoms with Crippen LogP contribution >= 0.6 is 0 Å². The molecule has 3 rings (SSSR count). The first kappa shape index (κ1) is 11.9. The van der Waals surface area contributed by atoms with Crippen LogP contribution in [0.15, 0.2) is 24.3 Å². The van der Waals surface area contributed by atoms with Crippen LogP contribution in [0.2, 0.25) is 0 Å². The molecule has 0 radical (unpaired) electrons. The maximum Gasteiger partial charge on any atom is 0.0367 e. The zero-order valence-electron chi connectivity index (χ0n) is 11.4. The number of fused-ring (bicyclic) bond motifs is 3. The van der Waals surface area contributed by atoms with Gasteiger partial charge >= 0.3 is 0 Å². The number of nitrogens with one attached hydrogen (secondary N) is 1. The molecule has 2 bridgehead atoms. The van der Waals surface area contributed by atoms with Crippen molar-refractivity contribution in [2.24, 2.45) is 11.8 Å². The minimum atomic E-state index is 0.932. The predicted octanol–water partition coefficient (Wildman–Crippen LogP) is 3.74. The van der Waals surface area contributed by atoms with Gasteiger partial charge in [0.15, 0.2) is 0 Å². The number of nitrogens with zero attached hydrogens (tertiary/aromatic N) is 1. The van der Waals surface area contributed by atoms with Crippen molar-refractivity contribution in [3.63, 3.8) is 0 Å². The van der Waals surface area contributed by atoms with Gasteiger partial charge in [0.25, 0.3) is 0 Å². The Bertz CT molecular complexity index is 371. The number of hydrogen-bond acceptors (Lipinski definition) is 2. The van der Waals surface area contributed by atoms with Gasteiger partial charge in [-0.05, 0) is 61.8 Å². The fourth-order valence-electron chi connectivity index (χ4n) is 3.57. The summed E-state index contributed by atoms with van der Waals surface area (Å²) in [6, 6.07) is 8.92. The third-order valence-electron chi connectivity index (χ3n) is 4.69. The second kappa shape index (κ2) is 5.21. The molecule has 0 amide bonds. The lowest BCUT2D eigenvalue weighted by Crippen LogP contribution is -2.32. The maximum atomic E-state index is 3.19. The van der Waals surface area contributed by atoms with E-state index in [1.807, 2.05) is 7.05 Å². The molecule has 1 saturated heterocycles. The van der Waals surface area contributed by atoms with E-state index in [0.717, 1.165) is 11.8 Å². The summed E-state index contributed by atoms with van der Waals surface area (Å²) in [5, 5.41) is 3.19. The van der Waals surface area contributed by atoms with Gasteiger partial charge < -0.3 is 10.2 Å². The smallest absolute Gasteiger partial charge is 0.0367 e. The van der Waals surface area contributed by atoms with E-state index in [1.165, 1.54) is 56.6 Å². The Kier molecular flexibility index (Phi) is 3.44. The van der Waals surface area contributed by atoms with E-state index in [2.05, 4.69) is 34.5 Å². The topological polar surface area (TPSA) is 15.3 Å². The van der Waals surface area contributed by atoms with E-state index >= 15 is 0 Å². The average molecular weight is 244 g/mol. The molecule has 2 fully saturated rings. The van der Waals surface area contributed by atoms with Gasteiger partial charge in [0.2, 0.25) is 0 Å². The molecule has 0 aromatic heterocycles. The first-order valence-corrected chi connectivity index (χ1v) is 7.38. The fourth-order valence-corrected chi connectivity index (χ4v) is 3.57. The highest BCUT2D eigenvalue weighted by Crippen LogP contribution is 2.34. The Labute approximate surface area is 110 Å². The monoisotopic (exact) mass is 244 g/mol. The molecule has 1 aliphatic heterocycles.